The smallest absolute Gasteiger partial charge is 0.311 e. The molecule has 2 heterocycles. The van der Waals surface area contributed by atoms with E-state index in [1.54, 1.807) is 13.1 Å². The summed E-state index contributed by atoms with van der Waals surface area (Å²) in [6, 6.07) is 3.14. The number of nitrogens with one attached hydrogen (secondary N) is 1. The molecule has 0 radical (unpaired) electrons. The predicted molar refractivity (Wildman–Crippen MR) is 70.0 cm³/mol. The van der Waals surface area contributed by atoms with Crippen LogP contribution in [0.2, 0.25) is 0 Å². The molecular formula is C10H14N4O2S. The molecule has 1 saturated heterocycles. The van der Waals surface area contributed by atoms with E-state index in [4.69, 9.17) is 0 Å². The number of pyridine rings is 1. The Morgan fingerprint density at radius 3 is 2.76 bits per heavy atom. The maximum atomic E-state index is 11.0. The van der Waals surface area contributed by atoms with Crippen molar-refractivity contribution in [1.29, 1.82) is 0 Å². The third kappa shape index (κ3) is 2.60. The molecule has 17 heavy (non-hydrogen) atoms. The second-order valence-electron chi connectivity index (χ2n) is 3.65. The molecule has 92 valence electrons. The fraction of sp³-hybridized carbons (Fsp3) is 0.500. The molecule has 1 aromatic heterocycles. The molecule has 0 spiro atoms. The van der Waals surface area contributed by atoms with E-state index in [2.05, 4.69) is 10.3 Å². The van der Waals surface area contributed by atoms with E-state index in [1.807, 2.05) is 16.7 Å². The third-order valence-electron chi connectivity index (χ3n) is 2.62. The topological polar surface area (TPSA) is 71.3 Å². The Labute approximate surface area is 104 Å². The van der Waals surface area contributed by atoms with Crippen LogP contribution in [0.1, 0.15) is 0 Å². The molecule has 6 nitrogen and oxygen atoms in total. The number of hydrogen-bond donors (Lipinski definition) is 1. The Morgan fingerprint density at radius 1 is 1.47 bits per heavy atom. The molecule has 0 amide bonds. The molecule has 0 unspecified atom stereocenters. The lowest BCUT2D eigenvalue weighted by Gasteiger charge is -2.27. The number of aromatic nitrogens is 1. The molecule has 0 bridgehead atoms. The summed E-state index contributed by atoms with van der Waals surface area (Å²) in [4.78, 5) is 16.9. The lowest BCUT2D eigenvalue weighted by molar-refractivity contribution is -0.384. The number of thioether (sulfide) groups is 1. The number of nitrogens with zero attached hydrogens (tertiary/aromatic N) is 3. The average Bonchev–Trinajstić information content (AvgIpc) is 2.39. The molecule has 7 heteroatoms. The van der Waals surface area contributed by atoms with Crippen LogP contribution in [0.4, 0.5) is 17.3 Å². The van der Waals surface area contributed by atoms with Crippen molar-refractivity contribution < 1.29 is 4.92 Å². The lowest BCUT2D eigenvalue weighted by atomic mass is 10.3. The summed E-state index contributed by atoms with van der Waals surface area (Å²) >= 11 is 1.86. The zero-order valence-corrected chi connectivity index (χ0v) is 10.4. The monoisotopic (exact) mass is 254 g/mol. The molecule has 0 saturated carbocycles. The van der Waals surface area contributed by atoms with Gasteiger partial charge in [-0.25, -0.2) is 4.98 Å². The van der Waals surface area contributed by atoms with Gasteiger partial charge in [-0.2, -0.15) is 11.8 Å². The molecule has 1 aromatic rings. The summed E-state index contributed by atoms with van der Waals surface area (Å²) < 4.78 is 0. The van der Waals surface area contributed by atoms with Crippen LogP contribution >= 0.6 is 11.8 Å². The van der Waals surface area contributed by atoms with Gasteiger partial charge in [0.1, 0.15) is 5.82 Å². The highest BCUT2D eigenvalue weighted by Gasteiger charge is 2.23. The van der Waals surface area contributed by atoms with Gasteiger partial charge in [-0.15, -0.1) is 0 Å². The van der Waals surface area contributed by atoms with Crippen molar-refractivity contribution in [2.45, 2.75) is 0 Å². The SMILES string of the molecule is CNc1ccc([N+](=O)[O-])c(N2CCSCC2)n1. The molecule has 0 aromatic carbocycles. The molecule has 1 aliphatic rings. The second-order valence-corrected chi connectivity index (χ2v) is 4.87. The van der Waals surface area contributed by atoms with Crippen LogP contribution in [0.3, 0.4) is 0 Å². The maximum absolute atomic E-state index is 11.0. The first-order chi connectivity index (χ1) is 8.22. The van der Waals surface area contributed by atoms with Crippen LogP contribution in [-0.4, -0.2) is 41.6 Å². The summed E-state index contributed by atoms with van der Waals surface area (Å²) in [5, 5.41) is 13.9. The highest BCUT2D eigenvalue weighted by atomic mass is 32.2. The van der Waals surface area contributed by atoms with Gasteiger partial charge in [-0.3, -0.25) is 10.1 Å². The minimum atomic E-state index is -0.372. The normalized spacial score (nSPS) is 15.7. The van der Waals surface area contributed by atoms with E-state index in [-0.39, 0.29) is 10.6 Å². The Hall–Kier alpha value is -1.50. The third-order valence-corrected chi connectivity index (χ3v) is 3.56. The zero-order chi connectivity index (χ0) is 12.3. The maximum Gasteiger partial charge on any atom is 0.311 e. The lowest BCUT2D eigenvalue weighted by Crippen LogP contribution is -2.33. The first-order valence-electron chi connectivity index (χ1n) is 5.38. The van der Waals surface area contributed by atoms with Crippen molar-refractivity contribution in [2.75, 3.05) is 41.9 Å². The van der Waals surface area contributed by atoms with Gasteiger partial charge in [-0.05, 0) is 6.07 Å². The van der Waals surface area contributed by atoms with Crippen molar-refractivity contribution in [3.05, 3.63) is 22.2 Å². The molecule has 1 N–H and O–H groups in total. The fourth-order valence-corrected chi connectivity index (χ4v) is 2.63. The summed E-state index contributed by atoms with van der Waals surface area (Å²) in [5.74, 6) is 3.11. The molecule has 0 atom stereocenters. The minimum absolute atomic E-state index is 0.0795. The van der Waals surface area contributed by atoms with Gasteiger partial charge < -0.3 is 10.2 Å². The summed E-state index contributed by atoms with van der Waals surface area (Å²) in [5.41, 5.74) is 0.0795. The Bertz CT molecular complexity index is 421. The molecule has 2 rings (SSSR count). The van der Waals surface area contributed by atoms with Crippen LogP contribution in [0, 0.1) is 10.1 Å². The first kappa shape index (κ1) is 12.0. The van der Waals surface area contributed by atoms with Crippen LogP contribution in [0.5, 0.6) is 0 Å². The number of nitro groups is 1. The van der Waals surface area contributed by atoms with Crippen LogP contribution in [-0.2, 0) is 0 Å². The van der Waals surface area contributed by atoms with E-state index >= 15 is 0 Å². The van der Waals surface area contributed by atoms with E-state index in [0.717, 1.165) is 24.6 Å². The number of hydrogen-bond acceptors (Lipinski definition) is 6. The highest BCUT2D eigenvalue weighted by Crippen LogP contribution is 2.29. The highest BCUT2D eigenvalue weighted by molar-refractivity contribution is 7.99. The van der Waals surface area contributed by atoms with Gasteiger partial charge in [0.05, 0.1) is 4.92 Å². The van der Waals surface area contributed by atoms with Crippen LogP contribution < -0.4 is 10.2 Å². The van der Waals surface area contributed by atoms with Gasteiger partial charge in [0.25, 0.3) is 0 Å². The van der Waals surface area contributed by atoms with E-state index < -0.39 is 0 Å². The largest absolute Gasteiger partial charge is 0.373 e. The molecule has 0 aliphatic carbocycles. The second kappa shape index (κ2) is 5.22. The molecule has 1 aliphatic heterocycles. The summed E-state index contributed by atoms with van der Waals surface area (Å²) in [7, 11) is 1.75. The van der Waals surface area contributed by atoms with Gasteiger partial charge in [-0.1, -0.05) is 0 Å². The standard InChI is InChI=1S/C10H14N4O2S/c1-11-9-3-2-8(14(15)16)10(12-9)13-4-6-17-7-5-13/h2-3H,4-7H2,1H3,(H,11,12). The van der Waals surface area contributed by atoms with Crippen molar-refractivity contribution >= 4 is 29.1 Å². The van der Waals surface area contributed by atoms with Crippen molar-refractivity contribution in [2.24, 2.45) is 0 Å². The van der Waals surface area contributed by atoms with Gasteiger partial charge in [0.2, 0.25) is 5.82 Å². The van der Waals surface area contributed by atoms with Crippen LogP contribution in [0.15, 0.2) is 12.1 Å². The first-order valence-corrected chi connectivity index (χ1v) is 6.53. The van der Waals surface area contributed by atoms with E-state index in [0.29, 0.717) is 11.6 Å². The van der Waals surface area contributed by atoms with Gasteiger partial charge in [0.15, 0.2) is 0 Å². The van der Waals surface area contributed by atoms with E-state index in [1.165, 1.54) is 6.07 Å². The summed E-state index contributed by atoms with van der Waals surface area (Å²) in [6.45, 7) is 1.62. The van der Waals surface area contributed by atoms with Crippen molar-refractivity contribution in [1.82, 2.24) is 4.98 Å². The fourth-order valence-electron chi connectivity index (χ4n) is 1.73. The predicted octanol–water partition coefficient (Wildman–Crippen LogP) is 1.58. The van der Waals surface area contributed by atoms with E-state index in [9.17, 15) is 10.1 Å². The Kier molecular flexibility index (Phi) is 3.68. The van der Waals surface area contributed by atoms with Crippen molar-refractivity contribution in [3.63, 3.8) is 0 Å². The Morgan fingerprint density at radius 2 is 2.18 bits per heavy atom. The minimum Gasteiger partial charge on any atom is -0.373 e. The van der Waals surface area contributed by atoms with Crippen LogP contribution in [0.25, 0.3) is 0 Å². The van der Waals surface area contributed by atoms with Gasteiger partial charge >= 0.3 is 5.69 Å². The average molecular weight is 254 g/mol. The Balaban J connectivity index is 2.36. The van der Waals surface area contributed by atoms with Crippen molar-refractivity contribution in [3.8, 4) is 0 Å². The summed E-state index contributed by atoms with van der Waals surface area (Å²) in [6.07, 6.45) is 0. The number of rotatable bonds is 3. The zero-order valence-electron chi connectivity index (χ0n) is 9.55. The van der Waals surface area contributed by atoms with Gasteiger partial charge in [0, 0.05) is 37.7 Å². The number of anilines is 2. The molecular weight excluding hydrogens is 240 g/mol. The quantitative estimate of drug-likeness (QED) is 0.652. The molecule has 1 fully saturated rings.